The molecular weight excluding hydrogens is 383 g/mol. The van der Waals surface area contributed by atoms with Crippen molar-refractivity contribution in [1.82, 2.24) is 20.0 Å². The van der Waals surface area contributed by atoms with Crippen molar-refractivity contribution < 1.29 is 4.74 Å². The molecule has 150 valence electrons. The number of ether oxygens (including phenoxy) is 1. The van der Waals surface area contributed by atoms with Crippen LogP contribution in [-0.4, -0.2) is 60.6 Å². The first-order valence-electron chi connectivity index (χ1n) is 9.42. The fourth-order valence-corrected chi connectivity index (χ4v) is 4.11. The van der Waals surface area contributed by atoms with Crippen LogP contribution in [0.3, 0.4) is 0 Å². The summed E-state index contributed by atoms with van der Waals surface area (Å²) in [5.74, 6) is 0.590. The van der Waals surface area contributed by atoms with Gasteiger partial charge < -0.3 is 15.0 Å². The minimum absolute atomic E-state index is 0. The maximum absolute atomic E-state index is 5.71. The van der Waals surface area contributed by atoms with Crippen molar-refractivity contribution in [1.29, 1.82) is 0 Å². The van der Waals surface area contributed by atoms with E-state index in [-0.39, 0.29) is 24.8 Å². The van der Waals surface area contributed by atoms with Crippen LogP contribution in [0.1, 0.15) is 11.3 Å². The minimum atomic E-state index is 0. The van der Waals surface area contributed by atoms with Gasteiger partial charge in [0.25, 0.3) is 0 Å². The number of aryl methyl sites for hydroxylation is 1. The third-order valence-electron chi connectivity index (χ3n) is 5.34. The number of rotatable bonds is 3. The molecule has 0 saturated carbocycles. The molecule has 0 radical (unpaired) electrons. The average Bonchev–Trinajstić information content (AvgIpc) is 2.82. The third-order valence-corrected chi connectivity index (χ3v) is 5.34. The second-order valence-corrected chi connectivity index (χ2v) is 7.21. The molecule has 5 nitrogen and oxygen atoms in total. The van der Waals surface area contributed by atoms with Crippen LogP contribution in [-0.2, 0) is 24.6 Å². The second kappa shape index (κ2) is 10.4. The van der Waals surface area contributed by atoms with Gasteiger partial charge in [-0.25, -0.2) is 0 Å². The molecule has 27 heavy (non-hydrogen) atoms. The Kier molecular flexibility index (Phi) is 8.58. The molecule has 2 aliphatic heterocycles. The maximum atomic E-state index is 5.71. The molecule has 1 atom stereocenters. The number of nitrogens with zero attached hydrogens (tertiary/aromatic N) is 3. The van der Waals surface area contributed by atoms with Gasteiger partial charge in [-0.3, -0.25) is 4.68 Å². The highest BCUT2D eigenvalue weighted by Crippen LogP contribution is 2.28. The van der Waals surface area contributed by atoms with Gasteiger partial charge in [-0.05, 0) is 6.42 Å². The highest BCUT2D eigenvalue weighted by Gasteiger charge is 2.24. The lowest BCUT2D eigenvalue weighted by Crippen LogP contribution is -2.37. The van der Waals surface area contributed by atoms with Gasteiger partial charge in [0.1, 0.15) is 0 Å². The highest BCUT2D eigenvalue weighted by atomic mass is 35.5. The zero-order valence-corrected chi connectivity index (χ0v) is 17.5. The molecule has 1 unspecified atom stereocenters. The van der Waals surface area contributed by atoms with Gasteiger partial charge in [0.2, 0.25) is 0 Å². The Morgan fingerprint density at radius 1 is 1.15 bits per heavy atom. The topological polar surface area (TPSA) is 42.3 Å². The summed E-state index contributed by atoms with van der Waals surface area (Å²) in [5.41, 5.74) is 5.27. The van der Waals surface area contributed by atoms with Crippen LogP contribution in [0.5, 0.6) is 0 Å². The van der Waals surface area contributed by atoms with E-state index in [9.17, 15) is 0 Å². The van der Waals surface area contributed by atoms with E-state index in [1.807, 2.05) is 0 Å². The third kappa shape index (κ3) is 5.24. The molecule has 7 heteroatoms. The molecule has 0 bridgehead atoms. The van der Waals surface area contributed by atoms with Gasteiger partial charge >= 0.3 is 0 Å². The molecule has 0 amide bonds. The number of hydrogen-bond acceptors (Lipinski definition) is 4. The Bertz CT molecular complexity index is 700. The summed E-state index contributed by atoms with van der Waals surface area (Å²) in [5, 5.41) is 8.32. The zero-order chi connectivity index (χ0) is 17.1. The summed E-state index contributed by atoms with van der Waals surface area (Å²) in [6, 6.07) is 10.7. The summed E-state index contributed by atoms with van der Waals surface area (Å²) < 4.78 is 7.78. The Hall–Kier alpha value is -1.11. The predicted molar refractivity (Wildman–Crippen MR) is 114 cm³/mol. The van der Waals surface area contributed by atoms with Crippen molar-refractivity contribution in [3.8, 4) is 11.3 Å². The monoisotopic (exact) mass is 412 g/mol. The lowest BCUT2D eigenvalue weighted by Gasteiger charge is -2.25. The summed E-state index contributed by atoms with van der Waals surface area (Å²) in [6.07, 6.45) is 2.12. The van der Waals surface area contributed by atoms with Crippen LogP contribution < -0.4 is 5.32 Å². The molecular formula is C20H30Cl2N4O. The number of fused-ring (bicyclic) bond motifs is 1. The standard InChI is InChI=1S/C20H28N4O.2ClH/c1-23-20(17-5-3-2-4-6-17)18-7-10-24(11-8-19(18)22-23)14-16-13-21-9-12-25-15-16;;/h2-6,16,21H,7-15H2,1H3;2*1H. The van der Waals surface area contributed by atoms with Crippen LogP contribution >= 0.6 is 24.8 Å². The molecule has 1 aromatic heterocycles. The average molecular weight is 413 g/mol. The summed E-state index contributed by atoms with van der Waals surface area (Å²) in [6.45, 7) is 7.08. The largest absolute Gasteiger partial charge is 0.380 e. The van der Waals surface area contributed by atoms with Crippen molar-refractivity contribution in [2.45, 2.75) is 12.8 Å². The Labute approximate surface area is 174 Å². The van der Waals surface area contributed by atoms with E-state index in [4.69, 9.17) is 9.84 Å². The molecule has 1 N–H and O–H groups in total. The van der Waals surface area contributed by atoms with Gasteiger partial charge in [-0.2, -0.15) is 5.10 Å². The van der Waals surface area contributed by atoms with Crippen molar-refractivity contribution >= 4 is 24.8 Å². The molecule has 2 aliphatic rings. The normalized spacial score (nSPS) is 20.6. The Balaban J connectivity index is 0.00000131. The molecule has 0 aliphatic carbocycles. The fraction of sp³-hybridized carbons (Fsp3) is 0.550. The number of benzene rings is 1. The van der Waals surface area contributed by atoms with E-state index in [0.29, 0.717) is 5.92 Å². The molecule has 2 aromatic rings. The first-order valence-corrected chi connectivity index (χ1v) is 9.42. The number of halogens is 2. The predicted octanol–water partition coefficient (Wildman–Crippen LogP) is 2.57. The van der Waals surface area contributed by atoms with Crippen LogP contribution in [0.25, 0.3) is 11.3 Å². The van der Waals surface area contributed by atoms with Crippen molar-refractivity contribution in [3.63, 3.8) is 0 Å². The Morgan fingerprint density at radius 2 is 1.93 bits per heavy atom. The van der Waals surface area contributed by atoms with Crippen molar-refractivity contribution in [3.05, 3.63) is 41.6 Å². The van der Waals surface area contributed by atoms with Gasteiger partial charge in [-0.15, -0.1) is 24.8 Å². The summed E-state index contributed by atoms with van der Waals surface area (Å²) >= 11 is 0. The first-order chi connectivity index (χ1) is 12.3. The highest BCUT2D eigenvalue weighted by molar-refractivity contribution is 5.85. The van der Waals surface area contributed by atoms with Gasteiger partial charge in [0.05, 0.1) is 24.6 Å². The van der Waals surface area contributed by atoms with Crippen LogP contribution in [0.15, 0.2) is 30.3 Å². The smallest absolute Gasteiger partial charge is 0.0714 e. The maximum Gasteiger partial charge on any atom is 0.0714 e. The van der Waals surface area contributed by atoms with E-state index >= 15 is 0 Å². The number of aromatic nitrogens is 2. The SMILES string of the molecule is Cl.Cl.Cn1nc2c(c1-c1ccccc1)CCN(CC1CNCCOC1)CC2. The van der Waals surface area contributed by atoms with Crippen LogP contribution in [0.4, 0.5) is 0 Å². The van der Waals surface area contributed by atoms with Gasteiger partial charge in [0.15, 0.2) is 0 Å². The molecule has 4 rings (SSSR count). The lowest BCUT2D eigenvalue weighted by molar-refractivity contribution is 0.105. The molecule has 1 fully saturated rings. The van der Waals surface area contributed by atoms with Gasteiger partial charge in [-0.1, -0.05) is 30.3 Å². The quantitative estimate of drug-likeness (QED) is 0.840. The molecule has 1 aromatic carbocycles. The lowest BCUT2D eigenvalue weighted by atomic mass is 10.0. The van der Waals surface area contributed by atoms with E-state index in [2.05, 4.69) is 52.3 Å². The fourth-order valence-electron chi connectivity index (χ4n) is 4.11. The van der Waals surface area contributed by atoms with Crippen LogP contribution in [0, 0.1) is 5.92 Å². The van der Waals surface area contributed by atoms with E-state index in [0.717, 1.165) is 58.8 Å². The Morgan fingerprint density at radius 3 is 2.74 bits per heavy atom. The number of nitrogens with one attached hydrogen (secondary N) is 1. The summed E-state index contributed by atoms with van der Waals surface area (Å²) in [4.78, 5) is 2.59. The molecule has 3 heterocycles. The second-order valence-electron chi connectivity index (χ2n) is 7.21. The summed E-state index contributed by atoms with van der Waals surface area (Å²) in [7, 11) is 2.07. The van der Waals surface area contributed by atoms with Crippen molar-refractivity contribution in [2.75, 3.05) is 45.9 Å². The van der Waals surface area contributed by atoms with E-state index in [1.54, 1.807) is 0 Å². The number of hydrogen-bond donors (Lipinski definition) is 1. The van der Waals surface area contributed by atoms with E-state index < -0.39 is 0 Å². The zero-order valence-electron chi connectivity index (χ0n) is 15.9. The minimum Gasteiger partial charge on any atom is -0.380 e. The van der Waals surface area contributed by atoms with Crippen LogP contribution in [0.2, 0.25) is 0 Å². The molecule has 0 spiro atoms. The van der Waals surface area contributed by atoms with Crippen molar-refractivity contribution in [2.24, 2.45) is 13.0 Å². The van der Waals surface area contributed by atoms with Gasteiger partial charge in [0, 0.05) is 63.2 Å². The van der Waals surface area contributed by atoms with E-state index in [1.165, 1.54) is 22.5 Å². The molecule has 1 saturated heterocycles. The first kappa shape index (κ1) is 22.2.